The molecule has 1 aromatic rings. The monoisotopic (exact) mass is 212 g/mol. The molecular formula is C11H16S2. The van der Waals surface area contributed by atoms with Gasteiger partial charge in [0, 0.05) is 17.3 Å². The Bertz CT molecular complexity index is 240. The standard InChI is InChI=1S/C11H16S2/c1-2-4-11(5-3-1)10-13-8-6-12-7-9-13/h1-5,13H,6-10H2. The fourth-order valence-electron chi connectivity index (χ4n) is 1.60. The Kier molecular flexibility index (Phi) is 3.62. The van der Waals surface area contributed by atoms with Crippen LogP contribution in [-0.2, 0) is 5.75 Å². The second-order valence-corrected chi connectivity index (χ2v) is 7.15. The highest BCUT2D eigenvalue weighted by Crippen LogP contribution is 2.35. The highest BCUT2D eigenvalue weighted by atomic mass is 32.2. The molecule has 0 nitrogen and oxygen atoms in total. The second-order valence-electron chi connectivity index (χ2n) is 3.37. The predicted octanol–water partition coefficient (Wildman–Crippen LogP) is 2.93. The first-order valence-electron chi connectivity index (χ1n) is 4.79. The second kappa shape index (κ2) is 4.97. The topological polar surface area (TPSA) is 0 Å². The summed E-state index contributed by atoms with van der Waals surface area (Å²) in [4.78, 5) is 0. The van der Waals surface area contributed by atoms with Crippen molar-refractivity contribution in [3.63, 3.8) is 0 Å². The number of benzene rings is 1. The van der Waals surface area contributed by atoms with E-state index in [1.165, 1.54) is 28.8 Å². The van der Waals surface area contributed by atoms with Crippen LogP contribution in [0.3, 0.4) is 0 Å². The van der Waals surface area contributed by atoms with E-state index in [1.807, 2.05) is 0 Å². The van der Waals surface area contributed by atoms with E-state index in [4.69, 9.17) is 0 Å². The molecule has 0 aliphatic carbocycles. The van der Waals surface area contributed by atoms with Gasteiger partial charge in [-0.05, 0) is 17.1 Å². The highest BCUT2D eigenvalue weighted by Gasteiger charge is 2.09. The average molecular weight is 212 g/mol. The normalized spacial score (nSPS) is 20.2. The van der Waals surface area contributed by atoms with Crippen LogP contribution in [0.15, 0.2) is 30.3 Å². The summed E-state index contributed by atoms with van der Waals surface area (Å²) in [5.74, 6) is 7.12. The molecule has 1 aliphatic heterocycles. The van der Waals surface area contributed by atoms with Crippen molar-refractivity contribution in [2.75, 3.05) is 23.0 Å². The molecule has 0 spiro atoms. The third-order valence-corrected chi connectivity index (χ3v) is 6.47. The Balaban J connectivity index is 1.90. The maximum absolute atomic E-state index is 2.27. The summed E-state index contributed by atoms with van der Waals surface area (Å²) in [7, 11) is 0.331. The highest BCUT2D eigenvalue weighted by molar-refractivity contribution is 8.18. The smallest absolute Gasteiger partial charge is 0.000717 e. The molecule has 1 aromatic carbocycles. The van der Waals surface area contributed by atoms with E-state index in [0.717, 1.165) is 0 Å². The molecule has 13 heavy (non-hydrogen) atoms. The van der Waals surface area contributed by atoms with Crippen LogP contribution in [-0.4, -0.2) is 23.0 Å². The van der Waals surface area contributed by atoms with E-state index in [0.29, 0.717) is 10.9 Å². The zero-order chi connectivity index (χ0) is 8.93. The minimum Gasteiger partial charge on any atom is -0.248 e. The van der Waals surface area contributed by atoms with Gasteiger partial charge in [0.2, 0.25) is 0 Å². The summed E-state index contributed by atoms with van der Waals surface area (Å²) in [5.41, 5.74) is 1.54. The number of thiol groups is 1. The molecule has 0 unspecified atom stereocenters. The Morgan fingerprint density at radius 3 is 2.46 bits per heavy atom. The summed E-state index contributed by atoms with van der Waals surface area (Å²) in [5, 5.41) is 0. The third-order valence-electron chi connectivity index (χ3n) is 2.35. The van der Waals surface area contributed by atoms with Gasteiger partial charge in [-0.2, -0.15) is 11.8 Å². The summed E-state index contributed by atoms with van der Waals surface area (Å²) in [6, 6.07) is 11.0. The molecule has 2 heteroatoms. The van der Waals surface area contributed by atoms with Gasteiger partial charge in [-0.25, -0.2) is 10.9 Å². The molecule has 2 rings (SSSR count). The van der Waals surface area contributed by atoms with Crippen LogP contribution < -0.4 is 0 Å². The number of rotatable bonds is 2. The van der Waals surface area contributed by atoms with Gasteiger partial charge in [0.25, 0.3) is 0 Å². The zero-order valence-electron chi connectivity index (χ0n) is 7.78. The number of hydrogen-bond donors (Lipinski definition) is 1. The van der Waals surface area contributed by atoms with Crippen molar-refractivity contribution in [1.29, 1.82) is 0 Å². The molecule has 0 saturated carbocycles. The van der Waals surface area contributed by atoms with Crippen molar-refractivity contribution >= 4 is 22.7 Å². The minimum absolute atomic E-state index is 0.331. The largest absolute Gasteiger partial charge is 0.248 e. The first-order chi connectivity index (χ1) is 6.45. The Morgan fingerprint density at radius 1 is 1.08 bits per heavy atom. The number of hydrogen-bond acceptors (Lipinski definition) is 1. The van der Waals surface area contributed by atoms with Gasteiger partial charge in [-0.15, -0.1) is 0 Å². The summed E-state index contributed by atoms with van der Waals surface area (Å²) >= 11 is 2.13. The third kappa shape index (κ3) is 2.96. The molecule has 1 saturated heterocycles. The summed E-state index contributed by atoms with van der Waals surface area (Å²) < 4.78 is 0. The van der Waals surface area contributed by atoms with Crippen LogP contribution in [0, 0.1) is 0 Å². The SMILES string of the molecule is c1ccc(C[SH]2CCSCC2)cc1. The Labute approximate surface area is 87.5 Å². The maximum Gasteiger partial charge on any atom is 0.000717 e. The van der Waals surface area contributed by atoms with Crippen LogP contribution in [0.25, 0.3) is 0 Å². The van der Waals surface area contributed by atoms with Crippen LogP contribution in [0.2, 0.25) is 0 Å². The first-order valence-corrected chi connectivity index (χ1v) is 7.84. The lowest BCUT2D eigenvalue weighted by atomic mass is 10.2. The van der Waals surface area contributed by atoms with Crippen molar-refractivity contribution in [1.82, 2.24) is 0 Å². The average Bonchev–Trinajstić information content (AvgIpc) is 2.21. The van der Waals surface area contributed by atoms with Crippen LogP contribution >= 0.6 is 22.7 Å². The van der Waals surface area contributed by atoms with E-state index >= 15 is 0 Å². The molecule has 1 aliphatic rings. The molecule has 72 valence electrons. The van der Waals surface area contributed by atoms with Crippen LogP contribution in [0.5, 0.6) is 0 Å². The Morgan fingerprint density at radius 2 is 1.77 bits per heavy atom. The van der Waals surface area contributed by atoms with E-state index in [9.17, 15) is 0 Å². The predicted molar refractivity (Wildman–Crippen MR) is 66.2 cm³/mol. The molecule has 1 heterocycles. The van der Waals surface area contributed by atoms with Crippen molar-refractivity contribution in [3.8, 4) is 0 Å². The van der Waals surface area contributed by atoms with Crippen molar-refractivity contribution in [3.05, 3.63) is 35.9 Å². The fourth-order valence-corrected chi connectivity index (χ4v) is 6.17. The molecule has 1 fully saturated rings. The lowest BCUT2D eigenvalue weighted by molar-refractivity contribution is 1.33. The van der Waals surface area contributed by atoms with Gasteiger partial charge < -0.3 is 0 Å². The van der Waals surface area contributed by atoms with Crippen LogP contribution in [0.1, 0.15) is 5.56 Å². The van der Waals surface area contributed by atoms with Gasteiger partial charge in [0.15, 0.2) is 0 Å². The Hall–Kier alpha value is -0.0800. The molecule has 0 radical (unpaired) electrons. The van der Waals surface area contributed by atoms with Crippen molar-refractivity contribution in [2.45, 2.75) is 5.75 Å². The van der Waals surface area contributed by atoms with E-state index in [2.05, 4.69) is 42.1 Å². The molecule has 0 aromatic heterocycles. The van der Waals surface area contributed by atoms with Gasteiger partial charge in [0.05, 0.1) is 0 Å². The lowest BCUT2D eigenvalue weighted by Gasteiger charge is -2.25. The van der Waals surface area contributed by atoms with Gasteiger partial charge in [-0.1, -0.05) is 30.3 Å². The van der Waals surface area contributed by atoms with E-state index in [1.54, 1.807) is 5.56 Å². The van der Waals surface area contributed by atoms with E-state index in [-0.39, 0.29) is 0 Å². The van der Waals surface area contributed by atoms with Gasteiger partial charge in [0.1, 0.15) is 0 Å². The van der Waals surface area contributed by atoms with Gasteiger partial charge >= 0.3 is 0 Å². The molecular weight excluding hydrogens is 196 g/mol. The van der Waals surface area contributed by atoms with E-state index < -0.39 is 0 Å². The molecule has 0 atom stereocenters. The molecule has 0 N–H and O–H groups in total. The summed E-state index contributed by atoms with van der Waals surface area (Å²) in [6.07, 6.45) is 0. The lowest BCUT2D eigenvalue weighted by Crippen LogP contribution is -2.08. The zero-order valence-corrected chi connectivity index (χ0v) is 9.49. The van der Waals surface area contributed by atoms with Crippen LogP contribution in [0.4, 0.5) is 0 Å². The number of thioether (sulfide) groups is 1. The maximum atomic E-state index is 2.27. The summed E-state index contributed by atoms with van der Waals surface area (Å²) in [6.45, 7) is 0. The molecule has 0 bridgehead atoms. The van der Waals surface area contributed by atoms with Gasteiger partial charge in [-0.3, -0.25) is 0 Å². The minimum atomic E-state index is 0.331. The quantitative estimate of drug-likeness (QED) is 0.736. The van der Waals surface area contributed by atoms with Crippen molar-refractivity contribution in [2.24, 2.45) is 0 Å². The first kappa shape index (κ1) is 9.47. The molecule has 0 amide bonds. The fraction of sp³-hybridized carbons (Fsp3) is 0.455. The van der Waals surface area contributed by atoms with Crippen molar-refractivity contribution < 1.29 is 0 Å².